The average Bonchev–Trinajstić information content (AvgIpc) is 3.05. The number of methoxy groups -OCH3 is 1. The Hall–Kier alpha value is -2.50. The normalized spacial score (nSPS) is 18.9. The number of anilines is 1. The van der Waals surface area contributed by atoms with Crippen molar-refractivity contribution >= 4 is 11.7 Å². The predicted molar refractivity (Wildman–Crippen MR) is 110 cm³/mol. The van der Waals surface area contributed by atoms with Crippen LogP contribution in [-0.4, -0.2) is 22.9 Å². The first-order valence-electron chi connectivity index (χ1n) is 10.4. The summed E-state index contributed by atoms with van der Waals surface area (Å²) in [5, 5.41) is 11.0. The van der Waals surface area contributed by atoms with Crippen LogP contribution in [-0.2, 0) is 12.6 Å². The zero-order valence-corrected chi connectivity index (χ0v) is 16.8. The minimum absolute atomic E-state index is 0.160. The van der Waals surface area contributed by atoms with Gasteiger partial charge in [0.1, 0.15) is 5.75 Å². The van der Waals surface area contributed by atoms with Crippen LogP contribution in [0.3, 0.4) is 0 Å². The maximum absolute atomic E-state index is 12.9. The summed E-state index contributed by atoms with van der Waals surface area (Å²) in [7, 11) is 3.58. The molecule has 2 aliphatic carbocycles. The van der Waals surface area contributed by atoms with Crippen molar-refractivity contribution in [1.29, 1.82) is 0 Å². The Morgan fingerprint density at radius 1 is 1.21 bits per heavy atom. The molecule has 0 atom stereocenters. The van der Waals surface area contributed by atoms with Crippen LogP contribution >= 0.6 is 0 Å². The van der Waals surface area contributed by atoms with Crippen LogP contribution in [0.15, 0.2) is 30.5 Å². The lowest BCUT2D eigenvalue weighted by Gasteiger charge is -2.43. The molecule has 2 aliphatic rings. The van der Waals surface area contributed by atoms with Gasteiger partial charge in [-0.1, -0.05) is 31.4 Å². The highest BCUT2D eigenvalue weighted by Gasteiger charge is 2.40. The number of ether oxygens (including phenoxy) is 1. The van der Waals surface area contributed by atoms with E-state index in [0.717, 1.165) is 54.8 Å². The summed E-state index contributed by atoms with van der Waals surface area (Å²) >= 11 is 0. The summed E-state index contributed by atoms with van der Waals surface area (Å²) in [6.45, 7) is 0. The molecule has 0 aliphatic heterocycles. The molecule has 2 fully saturated rings. The van der Waals surface area contributed by atoms with Gasteiger partial charge in [-0.3, -0.25) is 4.68 Å². The Labute approximate surface area is 166 Å². The van der Waals surface area contributed by atoms with Crippen LogP contribution in [0, 0.1) is 0 Å². The molecule has 0 radical (unpaired) electrons. The van der Waals surface area contributed by atoms with E-state index in [0.29, 0.717) is 5.92 Å². The van der Waals surface area contributed by atoms with Gasteiger partial charge in [-0.15, -0.1) is 0 Å². The van der Waals surface area contributed by atoms with E-state index in [-0.39, 0.29) is 11.6 Å². The van der Waals surface area contributed by atoms with Gasteiger partial charge >= 0.3 is 6.03 Å². The third-order valence-corrected chi connectivity index (χ3v) is 6.28. The third-order valence-electron chi connectivity index (χ3n) is 6.28. The van der Waals surface area contributed by atoms with E-state index in [1.165, 1.54) is 19.3 Å². The van der Waals surface area contributed by atoms with Crippen molar-refractivity contribution in [2.45, 2.75) is 62.8 Å². The smallest absolute Gasteiger partial charge is 0.320 e. The second-order valence-electron chi connectivity index (χ2n) is 8.18. The van der Waals surface area contributed by atoms with E-state index in [1.54, 1.807) is 11.8 Å². The zero-order valence-electron chi connectivity index (χ0n) is 16.8. The summed E-state index contributed by atoms with van der Waals surface area (Å²) in [6.07, 6.45) is 11.0. The molecule has 1 heterocycles. The highest BCUT2D eigenvalue weighted by Crippen LogP contribution is 2.42. The molecule has 2 N–H and O–H groups in total. The molecule has 0 bridgehead atoms. The number of hydrogen-bond acceptors (Lipinski definition) is 3. The van der Waals surface area contributed by atoms with E-state index in [9.17, 15) is 4.79 Å². The molecule has 0 saturated heterocycles. The van der Waals surface area contributed by atoms with Crippen LogP contribution < -0.4 is 15.4 Å². The number of benzene rings is 1. The lowest BCUT2D eigenvalue weighted by atomic mass is 9.72. The Bertz CT molecular complexity index is 835. The molecule has 28 heavy (non-hydrogen) atoms. The third kappa shape index (κ3) is 3.73. The lowest BCUT2D eigenvalue weighted by molar-refractivity contribution is 0.184. The van der Waals surface area contributed by atoms with Gasteiger partial charge in [-0.25, -0.2) is 4.79 Å². The number of hydrogen-bond donors (Lipinski definition) is 2. The van der Waals surface area contributed by atoms with Gasteiger partial charge in [0.15, 0.2) is 0 Å². The molecule has 150 valence electrons. The number of rotatable bonds is 5. The monoisotopic (exact) mass is 382 g/mol. The first-order valence-corrected chi connectivity index (χ1v) is 10.4. The SMILES string of the molecule is COc1cccc(C2(NC(=O)Nc3cn(C)nc3C3CCCCC3)CCC2)c1. The number of nitrogens with zero attached hydrogens (tertiary/aromatic N) is 2. The average molecular weight is 383 g/mol. The Kier molecular flexibility index (Phi) is 5.29. The highest BCUT2D eigenvalue weighted by atomic mass is 16.5. The van der Waals surface area contributed by atoms with Gasteiger partial charge in [-0.05, 0) is 49.8 Å². The van der Waals surface area contributed by atoms with E-state index < -0.39 is 0 Å². The van der Waals surface area contributed by atoms with E-state index in [1.807, 2.05) is 31.4 Å². The molecular weight excluding hydrogens is 352 g/mol. The minimum atomic E-state index is -0.314. The fourth-order valence-corrected chi connectivity index (χ4v) is 4.59. The van der Waals surface area contributed by atoms with Gasteiger partial charge in [-0.2, -0.15) is 5.10 Å². The van der Waals surface area contributed by atoms with E-state index >= 15 is 0 Å². The Morgan fingerprint density at radius 2 is 2.00 bits per heavy atom. The molecular formula is C22H30N4O2. The zero-order chi connectivity index (χ0) is 19.6. The van der Waals surface area contributed by atoms with Gasteiger partial charge in [0.2, 0.25) is 0 Å². The number of amides is 2. The number of urea groups is 1. The van der Waals surface area contributed by atoms with Crippen molar-refractivity contribution in [3.05, 3.63) is 41.7 Å². The number of nitrogens with one attached hydrogen (secondary N) is 2. The van der Waals surface area contributed by atoms with Crippen molar-refractivity contribution in [2.24, 2.45) is 7.05 Å². The molecule has 2 aromatic rings. The van der Waals surface area contributed by atoms with Crippen LogP contribution in [0.25, 0.3) is 0 Å². The molecule has 0 spiro atoms. The maximum atomic E-state index is 12.9. The van der Waals surface area contributed by atoms with Crippen molar-refractivity contribution < 1.29 is 9.53 Å². The quantitative estimate of drug-likeness (QED) is 0.789. The number of aromatic nitrogens is 2. The van der Waals surface area contributed by atoms with Crippen molar-refractivity contribution in [1.82, 2.24) is 15.1 Å². The fourth-order valence-electron chi connectivity index (χ4n) is 4.59. The molecule has 0 unspecified atom stereocenters. The van der Waals surface area contributed by atoms with Crippen molar-refractivity contribution in [3.8, 4) is 5.75 Å². The second kappa shape index (κ2) is 7.86. The van der Waals surface area contributed by atoms with Crippen LogP contribution in [0.2, 0.25) is 0 Å². The predicted octanol–water partition coefficient (Wildman–Crippen LogP) is 4.68. The van der Waals surface area contributed by atoms with E-state index in [2.05, 4.69) is 21.8 Å². The topological polar surface area (TPSA) is 68.2 Å². The van der Waals surface area contributed by atoms with Crippen LogP contribution in [0.1, 0.15) is 68.5 Å². The summed E-state index contributed by atoms with van der Waals surface area (Å²) in [4.78, 5) is 12.9. The molecule has 6 heteroatoms. The van der Waals surface area contributed by atoms with Crippen molar-refractivity contribution in [2.75, 3.05) is 12.4 Å². The highest BCUT2D eigenvalue weighted by molar-refractivity contribution is 5.90. The first kappa shape index (κ1) is 18.8. The molecule has 1 aromatic carbocycles. The number of aryl methyl sites for hydroxylation is 1. The van der Waals surface area contributed by atoms with Crippen LogP contribution in [0.4, 0.5) is 10.5 Å². The second-order valence-corrected chi connectivity index (χ2v) is 8.18. The Morgan fingerprint density at radius 3 is 2.68 bits per heavy atom. The van der Waals surface area contributed by atoms with Crippen LogP contribution in [0.5, 0.6) is 5.75 Å². The fraction of sp³-hybridized carbons (Fsp3) is 0.545. The maximum Gasteiger partial charge on any atom is 0.320 e. The van der Waals surface area contributed by atoms with E-state index in [4.69, 9.17) is 4.74 Å². The largest absolute Gasteiger partial charge is 0.497 e. The molecule has 6 nitrogen and oxygen atoms in total. The van der Waals surface area contributed by atoms with Gasteiger partial charge in [0.05, 0.1) is 24.0 Å². The summed E-state index contributed by atoms with van der Waals surface area (Å²) < 4.78 is 7.17. The van der Waals surface area contributed by atoms with Gasteiger partial charge < -0.3 is 15.4 Å². The number of carbonyl (C=O) groups is 1. The Balaban J connectivity index is 1.49. The summed E-state index contributed by atoms with van der Waals surface area (Å²) in [6, 6.07) is 7.85. The molecule has 2 saturated carbocycles. The minimum Gasteiger partial charge on any atom is -0.497 e. The first-order chi connectivity index (χ1) is 13.6. The molecule has 4 rings (SSSR count). The lowest BCUT2D eigenvalue weighted by Crippen LogP contribution is -2.52. The van der Waals surface area contributed by atoms with Gasteiger partial charge in [0, 0.05) is 19.2 Å². The van der Waals surface area contributed by atoms with Crippen molar-refractivity contribution in [3.63, 3.8) is 0 Å². The summed E-state index contributed by atoms with van der Waals surface area (Å²) in [5.41, 5.74) is 2.66. The summed E-state index contributed by atoms with van der Waals surface area (Å²) in [5.74, 6) is 1.26. The standard InChI is InChI=1S/C22H30N4O2/c1-26-15-19(20(25-26)16-8-4-3-5-9-16)23-21(27)24-22(12-7-13-22)17-10-6-11-18(14-17)28-2/h6,10-11,14-16H,3-5,7-9,12-13H2,1-2H3,(H2,23,24,27). The van der Waals surface area contributed by atoms with Gasteiger partial charge in [0.25, 0.3) is 0 Å². The molecule has 1 aromatic heterocycles. The molecule has 2 amide bonds. The number of carbonyl (C=O) groups excluding carboxylic acids is 1.